The van der Waals surface area contributed by atoms with Gasteiger partial charge < -0.3 is 19.6 Å². The number of benzene rings is 1. The number of rotatable bonds is 4. The molecular formula is C18H18FNO5. The fourth-order valence-electron chi connectivity index (χ4n) is 3.00. The SMILES string of the molecule is Cc1coc(CC(=O)O)c1C(=O)NC1CCCOc2cc(F)ccc21. The number of amides is 1. The van der Waals surface area contributed by atoms with E-state index < -0.39 is 17.7 Å². The maximum Gasteiger partial charge on any atom is 0.311 e. The van der Waals surface area contributed by atoms with Gasteiger partial charge in [0.1, 0.15) is 23.7 Å². The Morgan fingerprint density at radius 3 is 2.96 bits per heavy atom. The van der Waals surface area contributed by atoms with Crippen LogP contribution in [0.5, 0.6) is 5.75 Å². The molecule has 132 valence electrons. The maximum absolute atomic E-state index is 13.4. The van der Waals surface area contributed by atoms with Crippen LogP contribution in [-0.2, 0) is 11.2 Å². The fourth-order valence-corrected chi connectivity index (χ4v) is 3.00. The Labute approximate surface area is 143 Å². The second-order valence-corrected chi connectivity index (χ2v) is 5.99. The number of aliphatic carboxylic acids is 1. The van der Waals surface area contributed by atoms with Crippen molar-refractivity contribution in [3.63, 3.8) is 0 Å². The van der Waals surface area contributed by atoms with Gasteiger partial charge in [-0.3, -0.25) is 9.59 Å². The molecular weight excluding hydrogens is 329 g/mol. The van der Waals surface area contributed by atoms with E-state index in [1.54, 1.807) is 13.0 Å². The zero-order valence-electron chi connectivity index (χ0n) is 13.7. The van der Waals surface area contributed by atoms with Crippen molar-refractivity contribution < 1.29 is 28.2 Å². The van der Waals surface area contributed by atoms with Gasteiger partial charge in [-0.1, -0.05) is 6.07 Å². The first-order valence-electron chi connectivity index (χ1n) is 7.97. The Morgan fingerprint density at radius 1 is 1.40 bits per heavy atom. The lowest BCUT2D eigenvalue weighted by molar-refractivity contribution is -0.136. The van der Waals surface area contributed by atoms with E-state index in [0.29, 0.717) is 36.3 Å². The summed E-state index contributed by atoms with van der Waals surface area (Å²) in [5, 5.41) is 11.9. The average molecular weight is 347 g/mol. The van der Waals surface area contributed by atoms with Gasteiger partial charge >= 0.3 is 5.97 Å². The van der Waals surface area contributed by atoms with E-state index >= 15 is 0 Å². The number of furan rings is 1. The molecule has 7 heteroatoms. The quantitative estimate of drug-likeness (QED) is 0.887. The van der Waals surface area contributed by atoms with Crippen LogP contribution in [0, 0.1) is 12.7 Å². The summed E-state index contributed by atoms with van der Waals surface area (Å²) in [6.45, 7) is 2.13. The Hall–Kier alpha value is -2.83. The van der Waals surface area contributed by atoms with Crippen LogP contribution in [0.1, 0.15) is 46.1 Å². The van der Waals surface area contributed by atoms with E-state index in [2.05, 4.69) is 5.32 Å². The minimum absolute atomic E-state index is 0.117. The van der Waals surface area contributed by atoms with Crippen LogP contribution in [0.2, 0.25) is 0 Å². The van der Waals surface area contributed by atoms with Crippen molar-refractivity contribution in [1.29, 1.82) is 0 Å². The summed E-state index contributed by atoms with van der Waals surface area (Å²) in [5.74, 6) is -1.36. The minimum atomic E-state index is -1.08. The van der Waals surface area contributed by atoms with Crippen molar-refractivity contribution in [2.45, 2.75) is 32.2 Å². The number of nitrogens with one attached hydrogen (secondary N) is 1. The molecule has 1 amide bonds. The molecule has 2 aromatic rings. The van der Waals surface area contributed by atoms with Gasteiger partial charge in [0.2, 0.25) is 0 Å². The van der Waals surface area contributed by atoms with E-state index in [0.717, 1.165) is 0 Å². The van der Waals surface area contributed by atoms with Gasteiger partial charge in [-0.15, -0.1) is 0 Å². The number of carbonyl (C=O) groups excluding carboxylic acids is 1. The molecule has 2 heterocycles. The van der Waals surface area contributed by atoms with Crippen molar-refractivity contribution in [2.24, 2.45) is 0 Å². The number of ether oxygens (including phenoxy) is 1. The number of carboxylic acid groups (broad SMARTS) is 1. The molecule has 3 rings (SSSR count). The van der Waals surface area contributed by atoms with Crippen LogP contribution in [0.15, 0.2) is 28.9 Å². The highest BCUT2D eigenvalue weighted by atomic mass is 19.1. The van der Waals surface area contributed by atoms with Crippen molar-refractivity contribution in [3.8, 4) is 5.75 Å². The van der Waals surface area contributed by atoms with Crippen LogP contribution in [0.4, 0.5) is 4.39 Å². The Kier molecular flexibility index (Phi) is 4.74. The Bertz CT molecular complexity index is 814. The summed E-state index contributed by atoms with van der Waals surface area (Å²) in [6, 6.07) is 3.88. The smallest absolute Gasteiger partial charge is 0.311 e. The summed E-state index contributed by atoms with van der Waals surface area (Å²) >= 11 is 0. The highest BCUT2D eigenvalue weighted by Crippen LogP contribution is 2.32. The number of hydrogen-bond donors (Lipinski definition) is 2. The maximum atomic E-state index is 13.4. The summed E-state index contributed by atoms with van der Waals surface area (Å²) in [7, 11) is 0. The predicted molar refractivity (Wildman–Crippen MR) is 86.1 cm³/mol. The summed E-state index contributed by atoms with van der Waals surface area (Å²) < 4.78 is 24.2. The van der Waals surface area contributed by atoms with Crippen LogP contribution in [0.3, 0.4) is 0 Å². The van der Waals surface area contributed by atoms with Crippen LogP contribution < -0.4 is 10.1 Å². The van der Waals surface area contributed by atoms with E-state index in [-0.39, 0.29) is 23.8 Å². The number of fused-ring (bicyclic) bond motifs is 1. The van der Waals surface area contributed by atoms with E-state index in [1.165, 1.54) is 18.4 Å². The van der Waals surface area contributed by atoms with Gasteiger partial charge in [0.05, 0.1) is 24.5 Å². The molecule has 0 saturated heterocycles. The van der Waals surface area contributed by atoms with Crippen molar-refractivity contribution in [1.82, 2.24) is 5.32 Å². The zero-order chi connectivity index (χ0) is 18.0. The van der Waals surface area contributed by atoms with Crippen molar-refractivity contribution >= 4 is 11.9 Å². The summed E-state index contributed by atoms with van der Waals surface area (Å²) in [5.41, 5.74) is 1.50. The second kappa shape index (κ2) is 6.96. The van der Waals surface area contributed by atoms with Gasteiger partial charge in [0.15, 0.2) is 0 Å². The second-order valence-electron chi connectivity index (χ2n) is 5.99. The molecule has 0 fully saturated rings. The van der Waals surface area contributed by atoms with Crippen molar-refractivity contribution in [3.05, 3.63) is 52.7 Å². The van der Waals surface area contributed by atoms with E-state index in [1.807, 2.05) is 0 Å². The fraction of sp³-hybridized carbons (Fsp3) is 0.333. The highest BCUT2D eigenvalue weighted by Gasteiger charge is 2.26. The largest absolute Gasteiger partial charge is 0.493 e. The average Bonchev–Trinajstić information content (AvgIpc) is 2.78. The first kappa shape index (κ1) is 17.0. The molecule has 0 saturated carbocycles. The third kappa shape index (κ3) is 3.65. The molecule has 6 nitrogen and oxygen atoms in total. The molecule has 0 spiro atoms. The molecule has 0 aliphatic carbocycles. The summed E-state index contributed by atoms with van der Waals surface area (Å²) in [6.07, 6.45) is 2.34. The molecule has 1 aliphatic rings. The lowest BCUT2D eigenvalue weighted by Gasteiger charge is -2.18. The Morgan fingerprint density at radius 2 is 2.20 bits per heavy atom. The number of halogens is 1. The normalized spacial score (nSPS) is 16.5. The van der Waals surface area contributed by atoms with Gasteiger partial charge in [0, 0.05) is 17.2 Å². The molecule has 1 aromatic heterocycles. The van der Waals surface area contributed by atoms with Crippen LogP contribution in [-0.4, -0.2) is 23.6 Å². The molecule has 1 unspecified atom stereocenters. The standard InChI is InChI=1S/C18H18FNO5/c1-10-9-25-15(8-16(21)22)17(10)18(23)20-13-3-2-6-24-14-7-11(19)4-5-12(13)14/h4-5,7,9,13H,2-3,6,8H2,1H3,(H,20,23)(H,21,22). The molecule has 0 bridgehead atoms. The molecule has 1 aromatic carbocycles. The number of carbonyl (C=O) groups is 2. The predicted octanol–water partition coefficient (Wildman–Crippen LogP) is 3.00. The number of hydrogen-bond acceptors (Lipinski definition) is 4. The minimum Gasteiger partial charge on any atom is -0.493 e. The van der Waals surface area contributed by atoms with Gasteiger partial charge in [-0.25, -0.2) is 4.39 Å². The summed E-state index contributed by atoms with van der Waals surface area (Å²) in [4.78, 5) is 23.6. The Balaban J connectivity index is 1.87. The van der Waals surface area contributed by atoms with E-state index in [9.17, 15) is 14.0 Å². The first-order valence-corrected chi connectivity index (χ1v) is 7.97. The van der Waals surface area contributed by atoms with Gasteiger partial charge in [-0.2, -0.15) is 0 Å². The van der Waals surface area contributed by atoms with Crippen LogP contribution >= 0.6 is 0 Å². The number of aryl methyl sites for hydroxylation is 1. The lowest BCUT2D eigenvalue weighted by Crippen LogP contribution is -2.29. The molecule has 1 aliphatic heterocycles. The third-order valence-electron chi connectivity index (χ3n) is 4.14. The topological polar surface area (TPSA) is 88.8 Å². The third-order valence-corrected chi connectivity index (χ3v) is 4.14. The zero-order valence-corrected chi connectivity index (χ0v) is 13.7. The molecule has 1 atom stereocenters. The number of carboxylic acids is 1. The lowest BCUT2D eigenvalue weighted by atomic mass is 10.0. The van der Waals surface area contributed by atoms with Crippen LogP contribution in [0.25, 0.3) is 0 Å². The highest BCUT2D eigenvalue weighted by molar-refractivity contribution is 5.97. The molecule has 25 heavy (non-hydrogen) atoms. The van der Waals surface area contributed by atoms with Gasteiger partial charge in [0.25, 0.3) is 5.91 Å². The van der Waals surface area contributed by atoms with E-state index in [4.69, 9.17) is 14.3 Å². The first-order chi connectivity index (χ1) is 12.0. The van der Waals surface area contributed by atoms with Gasteiger partial charge in [-0.05, 0) is 25.8 Å². The molecule has 2 N–H and O–H groups in total. The van der Waals surface area contributed by atoms with Crippen molar-refractivity contribution in [2.75, 3.05) is 6.61 Å². The molecule has 0 radical (unpaired) electrons. The monoisotopic (exact) mass is 347 g/mol.